The molecule has 26 heavy (non-hydrogen) atoms. The van der Waals surface area contributed by atoms with E-state index in [1.54, 1.807) is 0 Å². The number of aromatic nitrogens is 1. The summed E-state index contributed by atoms with van der Waals surface area (Å²) in [7, 11) is 1.43. The number of nitrogens with one attached hydrogen (secondary N) is 2. The van der Waals surface area contributed by atoms with Crippen molar-refractivity contribution in [2.45, 2.75) is 45.1 Å². The van der Waals surface area contributed by atoms with Gasteiger partial charge in [0.25, 0.3) is 0 Å². The second-order valence-corrected chi connectivity index (χ2v) is 8.01. The van der Waals surface area contributed by atoms with E-state index in [1.165, 1.54) is 12.7 Å². The lowest BCUT2D eigenvalue weighted by atomic mass is 9.91. The third kappa shape index (κ3) is 3.24. The van der Waals surface area contributed by atoms with Crippen molar-refractivity contribution in [2.24, 2.45) is 5.41 Å². The van der Waals surface area contributed by atoms with Crippen molar-refractivity contribution in [3.05, 3.63) is 35.5 Å². The average Bonchev–Trinajstić information content (AvgIpc) is 3.02. The minimum absolute atomic E-state index is 0.0390. The van der Waals surface area contributed by atoms with Gasteiger partial charge in [-0.2, -0.15) is 0 Å². The first-order chi connectivity index (χ1) is 12.5. The van der Waals surface area contributed by atoms with Crippen LogP contribution in [0.1, 0.15) is 37.6 Å². The van der Waals surface area contributed by atoms with Gasteiger partial charge < -0.3 is 19.2 Å². The van der Waals surface area contributed by atoms with Crippen LogP contribution in [0.4, 0.5) is 0 Å². The maximum Gasteiger partial charge on any atom is 0.323 e. The summed E-state index contributed by atoms with van der Waals surface area (Å²) in [5.74, 6) is -0.238. The van der Waals surface area contributed by atoms with Gasteiger partial charge in [-0.3, -0.25) is 10.1 Å². The molecule has 1 fully saturated rings. The number of carbonyl (C=O) groups excluding carboxylic acids is 1. The van der Waals surface area contributed by atoms with Crippen molar-refractivity contribution < 1.29 is 19.0 Å². The van der Waals surface area contributed by atoms with Crippen molar-refractivity contribution in [3.63, 3.8) is 0 Å². The zero-order valence-corrected chi connectivity index (χ0v) is 15.5. The average molecular weight is 358 g/mol. The molecule has 0 unspecified atom stereocenters. The Morgan fingerprint density at radius 1 is 1.27 bits per heavy atom. The summed E-state index contributed by atoms with van der Waals surface area (Å²) in [6.07, 6.45) is 0.974. The molecule has 0 saturated carbocycles. The van der Waals surface area contributed by atoms with Crippen molar-refractivity contribution in [1.82, 2.24) is 10.3 Å². The predicted octanol–water partition coefficient (Wildman–Crippen LogP) is 2.69. The molecule has 140 valence electrons. The Balaban J connectivity index is 1.62. The molecular formula is C20H26N2O4. The van der Waals surface area contributed by atoms with Gasteiger partial charge in [-0.15, -0.1) is 0 Å². The van der Waals surface area contributed by atoms with E-state index in [4.69, 9.17) is 14.2 Å². The molecule has 1 aromatic heterocycles. The number of fused-ring (bicyclic) bond motifs is 3. The fourth-order valence-corrected chi connectivity index (χ4v) is 3.86. The molecule has 0 radical (unpaired) electrons. The van der Waals surface area contributed by atoms with Crippen LogP contribution in [-0.4, -0.2) is 43.6 Å². The SMILES string of the molecule is COC(=O)[C@@H]1Cc2c([nH]c3ccccc23)[C@@H](CC2OCC(C)(C)CO2)N1. The number of ether oxygens (including phenoxy) is 3. The summed E-state index contributed by atoms with van der Waals surface area (Å²) < 4.78 is 16.8. The van der Waals surface area contributed by atoms with Crippen molar-refractivity contribution >= 4 is 16.9 Å². The van der Waals surface area contributed by atoms with E-state index in [-0.39, 0.29) is 29.8 Å². The molecular weight excluding hydrogens is 332 g/mol. The zero-order chi connectivity index (χ0) is 18.3. The molecule has 6 nitrogen and oxygen atoms in total. The second kappa shape index (κ2) is 6.68. The first-order valence-electron chi connectivity index (χ1n) is 9.13. The highest BCUT2D eigenvalue weighted by Gasteiger charge is 2.37. The standard InChI is InChI=1S/C20H26N2O4/c1-20(2)10-25-17(26-11-20)9-15-18-13(8-16(21-15)19(23)24-3)12-6-4-5-7-14(12)22-18/h4-7,15-17,21-22H,8-11H2,1-3H3/t15-,16+/m1/s1. The summed E-state index contributed by atoms with van der Waals surface area (Å²) in [6.45, 7) is 5.60. The van der Waals surface area contributed by atoms with Gasteiger partial charge >= 0.3 is 5.97 Å². The van der Waals surface area contributed by atoms with Gasteiger partial charge in [-0.1, -0.05) is 32.0 Å². The summed E-state index contributed by atoms with van der Waals surface area (Å²) in [5, 5.41) is 4.59. The molecule has 2 atom stereocenters. The van der Waals surface area contributed by atoms with Gasteiger partial charge in [-0.05, 0) is 11.6 Å². The summed E-state index contributed by atoms with van der Waals surface area (Å²) in [4.78, 5) is 15.7. The molecule has 6 heteroatoms. The Morgan fingerprint density at radius 2 is 2.00 bits per heavy atom. The van der Waals surface area contributed by atoms with Crippen molar-refractivity contribution in [2.75, 3.05) is 20.3 Å². The summed E-state index contributed by atoms with van der Waals surface area (Å²) >= 11 is 0. The van der Waals surface area contributed by atoms with Gasteiger partial charge in [0.2, 0.25) is 0 Å². The lowest BCUT2D eigenvalue weighted by molar-refractivity contribution is -0.226. The second-order valence-electron chi connectivity index (χ2n) is 8.01. The number of rotatable bonds is 3. The Kier molecular flexibility index (Phi) is 4.50. The van der Waals surface area contributed by atoms with Gasteiger partial charge in [0, 0.05) is 34.9 Å². The lowest BCUT2D eigenvalue weighted by Gasteiger charge is -2.37. The quantitative estimate of drug-likeness (QED) is 0.826. The number of esters is 1. The van der Waals surface area contributed by atoms with Crippen molar-refractivity contribution in [3.8, 4) is 0 Å². The van der Waals surface area contributed by atoms with E-state index in [9.17, 15) is 4.79 Å². The van der Waals surface area contributed by atoms with Crippen LogP contribution >= 0.6 is 0 Å². The predicted molar refractivity (Wildman–Crippen MR) is 97.8 cm³/mol. The van der Waals surface area contributed by atoms with Crippen LogP contribution in [0, 0.1) is 5.41 Å². The van der Waals surface area contributed by atoms with E-state index in [0.717, 1.165) is 16.6 Å². The Hall–Kier alpha value is -1.89. The third-order valence-electron chi connectivity index (χ3n) is 5.24. The molecule has 1 saturated heterocycles. The highest BCUT2D eigenvalue weighted by molar-refractivity contribution is 5.87. The van der Waals surface area contributed by atoms with Gasteiger partial charge in [0.05, 0.1) is 26.4 Å². The number of para-hydroxylation sites is 1. The molecule has 2 aliphatic heterocycles. The zero-order valence-electron chi connectivity index (χ0n) is 15.5. The molecule has 3 heterocycles. The molecule has 2 aliphatic rings. The number of hydrogen-bond acceptors (Lipinski definition) is 5. The molecule has 1 aromatic carbocycles. The number of carbonyl (C=O) groups is 1. The molecule has 0 bridgehead atoms. The highest BCUT2D eigenvalue weighted by Crippen LogP contribution is 2.35. The van der Waals surface area contributed by atoms with Crippen LogP contribution in [0.15, 0.2) is 24.3 Å². The van der Waals surface area contributed by atoms with Crippen LogP contribution in [-0.2, 0) is 25.4 Å². The number of aromatic amines is 1. The maximum absolute atomic E-state index is 12.2. The van der Waals surface area contributed by atoms with Crippen LogP contribution in [0.5, 0.6) is 0 Å². The van der Waals surface area contributed by atoms with Gasteiger partial charge in [-0.25, -0.2) is 0 Å². The number of methoxy groups -OCH3 is 1. The topological polar surface area (TPSA) is 72.6 Å². The smallest absolute Gasteiger partial charge is 0.323 e. The van der Waals surface area contributed by atoms with Crippen LogP contribution in [0.25, 0.3) is 10.9 Å². The molecule has 4 rings (SSSR count). The fraction of sp³-hybridized carbons (Fsp3) is 0.550. The molecule has 0 amide bonds. The molecule has 2 aromatic rings. The normalized spacial score (nSPS) is 25.8. The molecule has 0 spiro atoms. The van der Waals surface area contributed by atoms with Gasteiger partial charge in [0.15, 0.2) is 6.29 Å². The van der Waals surface area contributed by atoms with Crippen LogP contribution in [0.3, 0.4) is 0 Å². The Morgan fingerprint density at radius 3 is 2.73 bits per heavy atom. The van der Waals surface area contributed by atoms with Crippen LogP contribution < -0.4 is 5.32 Å². The van der Waals surface area contributed by atoms with E-state index < -0.39 is 0 Å². The van der Waals surface area contributed by atoms with E-state index in [2.05, 4.69) is 36.3 Å². The van der Waals surface area contributed by atoms with E-state index in [1.807, 2.05) is 12.1 Å². The minimum Gasteiger partial charge on any atom is -0.468 e. The summed E-state index contributed by atoms with van der Waals surface area (Å²) in [5.41, 5.74) is 3.41. The Bertz CT molecular complexity index is 803. The largest absolute Gasteiger partial charge is 0.468 e. The maximum atomic E-state index is 12.2. The van der Waals surface area contributed by atoms with Crippen molar-refractivity contribution in [1.29, 1.82) is 0 Å². The lowest BCUT2D eigenvalue weighted by Crippen LogP contribution is -2.47. The minimum atomic E-state index is -0.364. The first kappa shape index (κ1) is 17.5. The van der Waals surface area contributed by atoms with Gasteiger partial charge in [0.1, 0.15) is 6.04 Å². The van der Waals surface area contributed by atoms with E-state index >= 15 is 0 Å². The molecule has 2 N–H and O–H groups in total. The van der Waals surface area contributed by atoms with Crippen LogP contribution in [0.2, 0.25) is 0 Å². The monoisotopic (exact) mass is 358 g/mol. The number of hydrogen-bond donors (Lipinski definition) is 2. The fourth-order valence-electron chi connectivity index (χ4n) is 3.86. The third-order valence-corrected chi connectivity index (χ3v) is 5.24. The highest BCUT2D eigenvalue weighted by atomic mass is 16.7. The summed E-state index contributed by atoms with van der Waals surface area (Å²) in [6, 6.07) is 7.78. The first-order valence-corrected chi connectivity index (χ1v) is 9.13. The number of benzene rings is 1. The van der Waals surface area contributed by atoms with E-state index in [0.29, 0.717) is 26.1 Å². The Labute approximate surface area is 153 Å². The molecule has 0 aliphatic carbocycles. The number of H-pyrrole nitrogens is 1.